The van der Waals surface area contributed by atoms with Gasteiger partial charge in [-0.15, -0.1) is 24.0 Å². The number of halogens is 1. The summed E-state index contributed by atoms with van der Waals surface area (Å²) in [6, 6.07) is 7.00. The molecule has 0 atom stereocenters. The maximum atomic E-state index is 12.1. The second kappa shape index (κ2) is 11.5. The van der Waals surface area contributed by atoms with E-state index in [2.05, 4.69) is 26.0 Å². The predicted molar refractivity (Wildman–Crippen MR) is 122 cm³/mol. The number of nitrogens with zero attached hydrogens (tertiary/aromatic N) is 3. The number of methoxy groups -OCH3 is 1. The molecule has 9 heteroatoms. The van der Waals surface area contributed by atoms with Crippen LogP contribution in [0.1, 0.15) is 27.3 Å². The van der Waals surface area contributed by atoms with Crippen LogP contribution >= 0.6 is 24.0 Å². The fraction of sp³-hybridized carbons (Fsp3) is 0.421. The average Bonchev–Trinajstić information content (AvgIpc) is 2.92. The zero-order valence-corrected chi connectivity index (χ0v) is 19.3. The largest absolute Gasteiger partial charge is 0.497 e. The van der Waals surface area contributed by atoms with Gasteiger partial charge in [-0.1, -0.05) is 0 Å². The van der Waals surface area contributed by atoms with E-state index in [9.17, 15) is 4.79 Å². The molecule has 1 aromatic heterocycles. The van der Waals surface area contributed by atoms with Crippen LogP contribution in [0.15, 0.2) is 29.3 Å². The van der Waals surface area contributed by atoms with Gasteiger partial charge >= 0.3 is 0 Å². The third-order valence-corrected chi connectivity index (χ3v) is 4.37. The predicted octanol–water partition coefficient (Wildman–Crippen LogP) is 1.76. The molecule has 2 aromatic rings. The lowest BCUT2D eigenvalue weighted by atomic mass is 10.2. The number of carbonyl (C=O) groups excluding carboxylic acids is 1. The highest BCUT2D eigenvalue weighted by Crippen LogP contribution is 2.11. The molecule has 3 N–H and O–H groups in total. The Kier molecular flexibility index (Phi) is 9.77. The summed E-state index contributed by atoms with van der Waals surface area (Å²) in [5, 5.41) is 13.7. The van der Waals surface area contributed by atoms with Gasteiger partial charge in [-0.05, 0) is 38.1 Å². The molecule has 0 spiro atoms. The van der Waals surface area contributed by atoms with Gasteiger partial charge in [0.2, 0.25) is 0 Å². The van der Waals surface area contributed by atoms with Crippen molar-refractivity contribution in [1.29, 1.82) is 0 Å². The first kappa shape index (κ1) is 23.7. The Bertz CT molecular complexity index is 802. The number of ether oxygens (including phenoxy) is 1. The zero-order valence-electron chi connectivity index (χ0n) is 17.0. The molecule has 1 aromatic carbocycles. The van der Waals surface area contributed by atoms with Crippen LogP contribution in [0.5, 0.6) is 5.75 Å². The van der Waals surface area contributed by atoms with Crippen LogP contribution in [0.3, 0.4) is 0 Å². The Morgan fingerprint density at radius 1 is 1.14 bits per heavy atom. The van der Waals surface area contributed by atoms with E-state index in [1.165, 1.54) is 0 Å². The van der Waals surface area contributed by atoms with Crippen LogP contribution in [0, 0.1) is 13.8 Å². The van der Waals surface area contributed by atoms with Crippen LogP contribution in [0.4, 0.5) is 0 Å². The van der Waals surface area contributed by atoms with Crippen molar-refractivity contribution >= 4 is 35.8 Å². The minimum absolute atomic E-state index is 0. The lowest BCUT2D eigenvalue weighted by Crippen LogP contribution is -2.41. The van der Waals surface area contributed by atoms with Crippen molar-refractivity contribution in [3.63, 3.8) is 0 Å². The van der Waals surface area contributed by atoms with Crippen LogP contribution in [0.25, 0.3) is 0 Å². The van der Waals surface area contributed by atoms with Gasteiger partial charge in [-0.3, -0.25) is 14.5 Å². The van der Waals surface area contributed by atoms with Crippen LogP contribution in [-0.4, -0.2) is 48.9 Å². The van der Waals surface area contributed by atoms with E-state index in [0.717, 1.165) is 22.7 Å². The van der Waals surface area contributed by atoms with Gasteiger partial charge in [0, 0.05) is 50.6 Å². The molecule has 0 aliphatic rings. The summed E-state index contributed by atoms with van der Waals surface area (Å²) in [4.78, 5) is 16.3. The van der Waals surface area contributed by atoms with Gasteiger partial charge in [0.1, 0.15) is 5.75 Å². The van der Waals surface area contributed by atoms with Crippen LogP contribution in [0.2, 0.25) is 0 Å². The minimum Gasteiger partial charge on any atom is -0.497 e. The Morgan fingerprint density at radius 3 is 2.32 bits per heavy atom. The number of hydrogen-bond donors (Lipinski definition) is 3. The summed E-state index contributed by atoms with van der Waals surface area (Å²) in [6.45, 7) is 5.73. The van der Waals surface area contributed by atoms with E-state index < -0.39 is 0 Å². The fourth-order valence-electron chi connectivity index (χ4n) is 2.67. The molecule has 0 bridgehead atoms. The number of aromatic nitrogens is 2. The third kappa shape index (κ3) is 6.39. The Balaban J connectivity index is 0.00000392. The number of aliphatic imine (C=N–C) groups is 1. The molecule has 0 fully saturated rings. The molecule has 0 radical (unpaired) electrons. The molecule has 154 valence electrons. The van der Waals surface area contributed by atoms with E-state index in [1.807, 2.05) is 25.6 Å². The first-order valence-corrected chi connectivity index (χ1v) is 8.82. The van der Waals surface area contributed by atoms with Gasteiger partial charge in [-0.2, -0.15) is 5.10 Å². The maximum Gasteiger partial charge on any atom is 0.251 e. The number of rotatable bonds is 7. The quantitative estimate of drug-likeness (QED) is 0.233. The number of hydrogen-bond acceptors (Lipinski definition) is 4. The second-order valence-corrected chi connectivity index (χ2v) is 6.11. The summed E-state index contributed by atoms with van der Waals surface area (Å²) in [6.07, 6.45) is 0. The van der Waals surface area contributed by atoms with Crippen molar-refractivity contribution in [3.8, 4) is 5.75 Å². The van der Waals surface area contributed by atoms with E-state index in [4.69, 9.17) is 4.74 Å². The normalized spacial score (nSPS) is 10.8. The molecule has 0 unspecified atom stereocenters. The maximum absolute atomic E-state index is 12.1. The summed E-state index contributed by atoms with van der Waals surface area (Å²) in [7, 11) is 5.25. The molecule has 28 heavy (non-hydrogen) atoms. The third-order valence-electron chi connectivity index (χ3n) is 4.37. The highest BCUT2D eigenvalue weighted by atomic mass is 127. The van der Waals surface area contributed by atoms with Gasteiger partial charge in [-0.25, -0.2) is 0 Å². The van der Waals surface area contributed by atoms with E-state index >= 15 is 0 Å². The summed E-state index contributed by atoms with van der Waals surface area (Å²) in [5.74, 6) is 1.28. The highest BCUT2D eigenvalue weighted by molar-refractivity contribution is 14.0. The average molecular weight is 500 g/mol. The number of nitrogens with one attached hydrogen (secondary N) is 3. The number of aryl methyl sites for hydroxylation is 2. The molecule has 0 saturated carbocycles. The van der Waals surface area contributed by atoms with E-state index in [1.54, 1.807) is 38.4 Å². The number of benzene rings is 1. The minimum atomic E-state index is -0.121. The first-order chi connectivity index (χ1) is 13.0. The highest BCUT2D eigenvalue weighted by Gasteiger charge is 2.10. The lowest BCUT2D eigenvalue weighted by molar-refractivity contribution is 0.0954. The van der Waals surface area contributed by atoms with Crippen molar-refractivity contribution in [3.05, 3.63) is 46.8 Å². The zero-order chi connectivity index (χ0) is 19.8. The Morgan fingerprint density at radius 2 is 1.79 bits per heavy atom. The summed E-state index contributed by atoms with van der Waals surface area (Å²) >= 11 is 0. The molecular weight excluding hydrogens is 471 g/mol. The van der Waals surface area contributed by atoms with E-state index in [0.29, 0.717) is 31.2 Å². The lowest BCUT2D eigenvalue weighted by Gasteiger charge is -2.13. The molecule has 8 nitrogen and oxygen atoms in total. The molecule has 0 aliphatic heterocycles. The Hall–Kier alpha value is -2.30. The molecule has 0 aliphatic carbocycles. The Labute approximate surface area is 183 Å². The molecule has 2 rings (SSSR count). The van der Waals surface area contributed by atoms with Crippen molar-refractivity contribution in [2.45, 2.75) is 20.4 Å². The number of guanidine groups is 1. The van der Waals surface area contributed by atoms with Crippen molar-refractivity contribution in [2.24, 2.45) is 12.0 Å². The van der Waals surface area contributed by atoms with Crippen LogP contribution in [-0.2, 0) is 13.6 Å². The van der Waals surface area contributed by atoms with Gasteiger partial charge in [0.15, 0.2) is 5.96 Å². The summed E-state index contributed by atoms with van der Waals surface area (Å²) in [5.41, 5.74) is 3.89. The summed E-state index contributed by atoms with van der Waals surface area (Å²) < 4.78 is 6.96. The molecular formula is C19H29IN6O2. The smallest absolute Gasteiger partial charge is 0.251 e. The molecule has 1 amide bonds. The van der Waals surface area contributed by atoms with Gasteiger partial charge in [0.05, 0.1) is 12.8 Å². The van der Waals surface area contributed by atoms with E-state index in [-0.39, 0.29) is 29.9 Å². The van der Waals surface area contributed by atoms with Gasteiger partial charge < -0.3 is 20.7 Å². The molecule has 1 heterocycles. The SMILES string of the molecule is CN=C(NCCNC(=O)c1ccc(OC)cc1)NCc1c(C)nn(C)c1C.I. The molecule has 0 saturated heterocycles. The first-order valence-electron chi connectivity index (χ1n) is 8.82. The monoisotopic (exact) mass is 500 g/mol. The van der Waals surface area contributed by atoms with Crippen molar-refractivity contribution in [2.75, 3.05) is 27.2 Å². The van der Waals surface area contributed by atoms with Gasteiger partial charge in [0.25, 0.3) is 5.91 Å². The second-order valence-electron chi connectivity index (χ2n) is 6.11. The van der Waals surface area contributed by atoms with Crippen molar-refractivity contribution < 1.29 is 9.53 Å². The number of amides is 1. The van der Waals surface area contributed by atoms with Crippen molar-refractivity contribution in [1.82, 2.24) is 25.7 Å². The standard InChI is InChI=1S/C19H28N6O2.HI/c1-13-17(14(2)25(4)24-13)12-23-19(20-3)22-11-10-21-18(26)15-6-8-16(27-5)9-7-15;/h6-9H,10-12H2,1-5H3,(H,21,26)(H2,20,22,23);1H. The fourth-order valence-corrected chi connectivity index (χ4v) is 2.67. The topological polar surface area (TPSA) is 92.6 Å². The number of carbonyl (C=O) groups is 1. The van der Waals surface area contributed by atoms with Crippen LogP contribution < -0.4 is 20.7 Å².